The summed E-state index contributed by atoms with van der Waals surface area (Å²) < 4.78 is 0. The molecule has 1 aromatic heterocycles. The molecule has 2 heterocycles. The fraction of sp³-hybridized carbons (Fsp3) is 0.333. The van der Waals surface area contributed by atoms with Crippen molar-refractivity contribution in [3.8, 4) is 0 Å². The lowest BCUT2D eigenvalue weighted by molar-refractivity contribution is -0.125. The number of nitrogens with one attached hydrogen (secondary N) is 1. The van der Waals surface area contributed by atoms with Gasteiger partial charge in [-0.3, -0.25) is 4.79 Å². The lowest BCUT2D eigenvalue weighted by Crippen LogP contribution is -2.40. The van der Waals surface area contributed by atoms with Gasteiger partial charge in [-0.1, -0.05) is 53.5 Å². The number of nitrogens with zero attached hydrogens (tertiary/aromatic N) is 2. The van der Waals surface area contributed by atoms with E-state index in [4.69, 9.17) is 23.2 Å². The van der Waals surface area contributed by atoms with E-state index >= 15 is 0 Å². The number of carbonyl (C=O) groups excluding carboxylic acids is 1. The van der Waals surface area contributed by atoms with Crippen molar-refractivity contribution in [1.29, 1.82) is 0 Å². The van der Waals surface area contributed by atoms with Crippen LogP contribution in [0.4, 0.5) is 5.82 Å². The van der Waals surface area contributed by atoms with Crippen molar-refractivity contribution in [2.45, 2.75) is 19.4 Å². The summed E-state index contributed by atoms with van der Waals surface area (Å²) in [6, 6.07) is 11.6. The highest BCUT2D eigenvalue weighted by molar-refractivity contribution is 6.36. The molecule has 1 fully saturated rings. The second-order valence-electron chi connectivity index (χ2n) is 5.92. The SMILES string of the molecule is O=C(NCc1ccccc1)C1CCN(c2ncc(Cl)cc2Cl)CC1. The lowest BCUT2D eigenvalue weighted by atomic mass is 9.96. The third-order valence-electron chi connectivity index (χ3n) is 4.26. The summed E-state index contributed by atoms with van der Waals surface area (Å²) in [4.78, 5) is 18.8. The number of piperidine rings is 1. The number of carbonyl (C=O) groups is 1. The largest absolute Gasteiger partial charge is 0.355 e. The summed E-state index contributed by atoms with van der Waals surface area (Å²) in [6.45, 7) is 2.10. The van der Waals surface area contributed by atoms with E-state index in [1.54, 1.807) is 12.3 Å². The number of anilines is 1. The van der Waals surface area contributed by atoms with Gasteiger partial charge in [0.2, 0.25) is 5.91 Å². The van der Waals surface area contributed by atoms with E-state index < -0.39 is 0 Å². The molecule has 0 bridgehead atoms. The van der Waals surface area contributed by atoms with Gasteiger partial charge in [0.05, 0.1) is 10.0 Å². The predicted octanol–water partition coefficient (Wildman–Crippen LogP) is 3.92. The Balaban J connectivity index is 1.52. The normalized spacial score (nSPS) is 15.3. The van der Waals surface area contributed by atoms with Gasteiger partial charge in [0.25, 0.3) is 0 Å². The average molecular weight is 364 g/mol. The van der Waals surface area contributed by atoms with Crippen LogP contribution in [-0.4, -0.2) is 24.0 Å². The number of rotatable bonds is 4. The monoisotopic (exact) mass is 363 g/mol. The molecule has 0 atom stereocenters. The maximum absolute atomic E-state index is 12.3. The first-order valence-corrected chi connectivity index (χ1v) is 8.76. The second-order valence-corrected chi connectivity index (χ2v) is 6.77. The van der Waals surface area contributed by atoms with Gasteiger partial charge in [0.1, 0.15) is 5.82 Å². The summed E-state index contributed by atoms with van der Waals surface area (Å²) in [7, 11) is 0. The molecule has 6 heteroatoms. The van der Waals surface area contributed by atoms with Gasteiger partial charge in [-0.15, -0.1) is 0 Å². The van der Waals surface area contributed by atoms with Crippen molar-refractivity contribution >= 4 is 34.9 Å². The minimum absolute atomic E-state index is 0.0380. The van der Waals surface area contributed by atoms with Crippen LogP contribution in [0.15, 0.2) is 42.6 Å². The van der Waals surface area contributed by atoms with Crippen LogP contribution in [0.25, 0.3) is 0 Å². The highest BCUT2D eigenvalue weighted by Gasteiger charge is 2.26. The number of benzene rings is 1. The third kappa shape index (κ3) is 4.19. The molecular weight excluding hydrogens is 345 g/mol. The Morgan fingerprint density at radius 1 is 1.21 bits per heavy atom. The van der Waals surface area contributed by atoms with E-state index in [2.05, 4.69) is 15.2 Å². The minimum Gasteiger partial charge on any atom is -0.355 e. The highest BCUT2D eigenvalue weighted by atomic mass is 35.5. The molecule has 3 rings (SSSR count). The number of hydrogen-bond donors (Lipinski definition) is 1. The first-order valence-electron chi connectivity index (χ1n) is 8.01. The Bertz CT molecular complexity index is 701. The molecule has 1 aliphatic rings. The fourth-order valence-electron chi connectivity index (χ4n) is 2.92. The first kappa shape index (κ1) is 17.1. The molecule has 1 aromatic carbocycles. The highest BCUT2D eigenvalue weighted by Crippen LogP contribution is 2.29. The lowest BCUT2D eigenvalue weighted by Gasteiger charge is -2.32. The molecule has 1 aliphatic heterocycles. The van der Waals surface area contributed by atoms with E-state index in [1.165, 1.54) is 0 Å². The van der Waals surface area contributed by atoms with Crippen LogP contribution in [0.5, 0.6) is 0 Å². The summed E-state index contributed by atoms with van der Waals surface area (Å²) >= 11 is 12.1. The molecule has 126 valence electrons. The number of hydrogen-bond acceptors (Lipinski definition) is 3. The molecule has 0 spiro atoms. The van der Waals surface area contributed by atoms with Crippen molar-refractivity contribution in [2.75, 3.05) is 18.0 Å². The Morgan fingerprint density at radius 2 is 1.92 bits per heavy atom. The first-order chi connectivity index (χ1) is 11.6. The number of halogens is 2. The van der Waals surface area contributed by atoms with E-state index in [0.717, 1.165) is 37.3 Å². The zero-order valence-corrected chi connectivity index (χ0v) is 14.7. The van der Waals surface area contributed by atoms with Crippen LogP contribution in [0.3, 0.4) is 0 Å². The average Bonchev–Trinajstić information content (AvgIpc) is 2.61. The minimum atomic E-state index is 0.0380. The van der Waals surface area contributed by atoms with Gasteiger partial charge in [-0.05, 0) is 24.5 Å². The van der Waals surface area contributed by atoms with E-state index in [1.807, 2.05) is 30.3 Å². The molecule has 1 amide bonds. The third-order valence-corrected chi connectivity index (χ3v) is 4.75. The van der Waals surface area contributed by atoms with Gasteiger partial charge in [0, 0.05) is 31.7 Å². The Morgan fingerprint density at radius 3 is 2.58 bits per heavy atom. The Kier molecular flexibility index (Phi) is 5.59. The predicted molar refractivity (Wildman–Crippen MR) is 97.5 cm³/mol. The maximum Gasteiger partial charge on any atom is 0.223 e. The molecule has 0 radical (unpaired) electrons. The van der Waals surface area contributed by atoms with Gasteiger partial charge in [0.15, 0.2) is 0 Å². The Labute approximate surface area is 151 Å². The molecular formula is C18H19Cl2N3O. The van der Waals surface area contributed by atoms with Crippen LogP contribution < -0.4 is 10.2 Å². The quantitative estimate of drug-likeness (QED) is 0.895. The number of pyridine rings is 1. The molecule has 1 N–H and O–H groups in total. The molecule has 0 saturated carbocycles. The van der Waals surface area contributed by atoms with Crippen LogP contribution >= 0.6 is 23.2 Å². The maximum atomic E-state index is 12.3. The fourth-order valence-corrected chi connectivity index (χ4v) is 3.42. The molecule has 24 heavy (non-hydrogen) atoms. The van der Waals surface area contributed by atoms with Crippen molar-refractivity contribution in [1.82, 2.24) is 10.3 Å². The molecule has 2 aromatic rings. The molecule has 0 aliphatic carbocycles. The van der Waals surface area contributed by atoms with Crippen molar-refractivity contribution < 1.29 is 4.79 Å². The summed E-state index contributed by atoms with van der Waals surface area (Å²) in [5.74, 6) is 0.897. The summed E-state index contributed by atoms with van der Waals surface area (Å²) in [6.07, 6.45) is 3.18. The standard InChI is InChI=1S/C18H19Cl2N3O/c19-15-10-16(20)17(21-12-15)23-8-6-14(7-9-23)18(24)22-11-13-4-2-1-3-5-13/h1-5,10,12,14H,6-9,11H2,(H,22,24). The zero-order chi connectivity index (χ0) is 16.9. The Hall–Kier alpha value is -1.78. The molecule has 0 unspecified atom stereocenters. The second kappa shape index (κ2) is 7.86. The molecule has 4 nitrogen and oxygen atoms in total. The van der Waals surface area contributed by atoms with Crippen LogP contribution in [0, 0.1) is 5.92 Å². The van der Waals surface area contributed by atoms with Gasteiger partial charge in [-0.2, -0.15) is 0 Å². The van der Waals surface area contributed by atoms with Crippen molar-refractivity contribution in [2.24, 2.45) is 5.92 Å². The topological polar surface area (TPSA) is 45.2 Å². The van der Waals surface area contributed by atoms with Gasteiger partial charge >= 0.3 is 0 Å². The summed E-state index contributed by atoms with van der Waals surface area (Å²) in [5, 5.41) is 4.10. The number of aromatic nitrogens is 1. The van der Waals surface area contributed by atoms with E-state index in [0.29, 0.717) is 16.6 Å². The van der Waals surface area contributed by atoms with Crippen LogP contribution in [0.1, 0.15) is 18.4 Å². The van der Waals surface area contributed by atoms with Crippen molar-refractivity contribution in [3.63, 3.8) is 0 Å². The molecule has 1 saturated heterocycles. The van der Waals surface area contributed by atoms with E-state index in [9.17, 15) is 4.79 Å². The van der Waals surface area contributed by atoms with Crippen molar-refractivity contribution in [3.05, 3.63) is 58.2 Å². The van der Waals surface area contributed by atoms with Gasteiger partial charge < -0.3 is 10.2 Å². The smallest absolute Gasteiger partial charge is 0.223 e. The van der Waals surface area contributed by atoms with Gasteiger partial charge in [-0.25, -0.2) is 4.98 Å². The van der Waals surface area contributed by atoms with E-state index in [-0.39, 0.29) is 11.8 Å². The number of amides is 1. The zero-order valence-electron chi connectivity index (χ0n) is 13.2. The van der Waals surface area contributed by atoms with Crippen LogP contribution in [0.2, 0.25) is 10.0 Å². The summed E-state index contributed by atoms with van der Waals surface area (Å²) in [5.41, 5.74) is 1.11. The van der Waals surface area contributed by atoms with Crippen LogP contribution in [-0.2, 0) is 11.3 Å².